The largest absolute Gasteiger partial charge is 0.337 e. The van der Waals surface area contributed by atoms with Crippen LogP contribution in [0.4, 0.5) is 0 Å². The van der Waals surface area contributed by atoms with Crippen molar-refractivity contribution >= 4 is 28.5 Å². The standard InChI is InChI=1S/C15H12ClN5O2/c1-8-7-20-11-12(18-14(20)17-8)19(2)15(23)21(13(11)22)10-6-4-3-5-9(10)16/h3-7H,1-2H3,(H,17,18). The van der Waals surface area contributed by atoms with E-state index in [9.17, 15) is 9.59 Å². The van der Waals surface area contributed by atoms with E-state index >= 15 is 0 Å². The van der Waals surface area contributed by atoms with E-state index in [2.05, 4.69) is 9.97 Å². The van der Waals surface area contributed by atoms with Gasteiger partial charge in [-0.25, -0.2) is 9.36 Å². The molecule has 4 aromatic rings. The van der Waals surface area contributed by atoms with E-state index < -0.39 is 11.2 Å². The lowest BCUT2D eigenvalue weighted by atomic mass is 10.3. The zero-order valence-electron chi connectivity index (χ0n) is 12.4. The van der Waals surface area contributed by atoms with Gasteiger partial charge in [0.1, 0.15) is 0 Å². The van der Waals surface area contributed by atoms with Gasteiger partial charge in [0.2, 0.25) is 5.78 Å². The van der Waals surface area contributed by atoms with Gasteiger partial charge in [0.15, 0.2) is 11.2 Å². The summed E-state index contributed by atoms with van der Waals surface area (Å²) in [5.74, 6) is 0.515. The number of para-hydroxylation sites is 1. The highest BCUT2D eigenvalue weighted by Gasteiger charge is 2.19. The van der Waals surface area contributed by atoms with E-state index in [4.69, 9.17) is 11.6 Å². The van der Waals surface area contributed by atoms with Gasteiger partial charge in [-0.05, 0) is 19.1 Å². The fourth-order valence-corrected chi connectivity index (χ4v) is 2.97. The predicted molar refractivity (Wildman–Crippen MR) is 87.6 cm³/mol. The lowest BCUT2D eigenvalue weighted by Gasteiger charge is -2.09. The van der Waals surface area contributed by atoms with E-state index in [0.29, 0.717) is 27.7 Å². The number of nitrogens with zero attached hydrogens (tertiary/aromatic N) is 4. The van der Waals surface area contributed by atoms with Crippen molar-refractivity contribution in [3.63, 3.8) is 0 Å². The Hall–Kier alpha value is -2.80. The first-order valence-corrected chi connectivity index (χ1v) is 7.31. The molecule has 0 amide bonds. The summed E-state index contributed by atoms with van der Waals surface area (Å²) >= 11 is 6.17. The monoisotopic (exact) mass is 329 g/mol. The van der Waals surface area contributed by atoms with Crippen molar-refractivity contribution in [2.24, 2.45) is 7.05 Å². The molecule has 0 unspecified atom stereocenters. The van der Waals surface area contributed by atoms with Gasteiger partial charge in [-0.15, -0.1) is 0 Å². The lowest BCUT2D eigenvalue weighted by Crippen LogP contribution is -2.38. The van der Waals surface area contributed by atoms with Crippen LogP contribution < -0.4 is 11.2 Å². The molecule has 116 valence electrons. The van der Waals surface area contributed by atoms with Crippen molar-refractivity contribution in [3.8, 4) is 5.69 Å². The van der Waals surface area contributed by atoms with Gasteiger partial charge in [-0.2, -0.15) is 4.98 Å². The number of hydrogen-bond donors (Lipinski definition) is 1. The van der Waals surface area contributed by atoms with Crippen LogP contribution >= 0.6 is 11.6 Å². The Morgan fingerprint density at radius 1 is 1.22 bits per heavy atom. The number of halogens is 1. The van der Waals surface area contributed by atoms with Crippen LogP contribution in [0.2, 0.25) is 5.02 Å². The van der Waals surface area contributed by atoms with Crippen molar-refractivity contribution < 1.29 is 0 Å². The van der Waals surface area contributed by atoms with Crippen molar-refractivity contribution in [2.45, 2.75) is 6.92 Å². The first-order valence-electron chi connectivity index (χ1n) is 6.93. The molecule has 0 atom stereocenters. The van der Waals surface area contributed by atoms with Gasteiger partial charge in [-0.1, -0.05) is 23.7 Å². The third-order valence-corrected chi connectivity index (χ3v) is 4.14. The van der Waals surface area contributed by atoms with Gasteiger partial charge < -0.3 is 4.98 Å². The minimum atomic E-state index is -0.493. The number of imidazole rings is 2. The molecule has 0 aliphatic carbocycles. The number of aromatic nitrogens is 5. The first kappa shape index (κ1) is 13.8. The van der Waals surface area contributed by atoms with Crippen LogP contribution in [-0.2, 0) is 7.05 Å². The second-order valence-electron chi connectivity index (χ2n) is 5.35. The molecule has 0 aliphatic heterocycles. The summed E-state index contributed by atoms with van der Waals surface area (Å²) in [7, 11) is 1.58. The van der Waals surface area contributed by atoms with Crippen LogP contribution in [-0.4, -0.2) is 23.5 Å². The number of aryl methyl sites for hydroxylation is 2. The molecular formula is C15H12ClN5O2. The number of nitrogens with one attached hydrogen (secondary N) is 1. The first-order chi connectivity index (χ1) is 11.0. The van der Waals surface area contributed by atoms with Crippen molar-refractivity contribution in [1.82, 2.24) is 23.5 Å². The van der Waals surface area contributed by atoms with Gasteiger partial charge in [-0.3, -0.25) is 13.8 Å². The topological polar surface area (TPSA) is 77.1 Å². The fraction of sp³-hybridized carbons (Fsp3) is 0.133. The zero-order valence-corrected chi connectivity index (χ0v) is 13.1. The number of H-pyrrole nitrogens is 1. The maximum absolute atomic E-state index is 13.0. The highest BCUT2D eigenvalue weighted by molar-refractivity contribution is 6.32. The van der Waals surface area contributed by atoms with Crippen LogP contribution in [0.15, 0.2) is 40.1 Å². The molecule has 1 N–H and O–H groups in total. The molecule has 0 saturated carbocycles. The number of fused-ring (bicyclic) bond motifs is 3. The normalized spacial score (nSPS) is 11.6. The zero-order chi connectivity index (χ0) is 16.3. The fourth-order valence-electron chi connectivity index (χ4n) is 2.75. The van der Waals surface area contributed by atoms with Crippen molar-refractivity contribution in [2.75, 3.05) is 0 Å². The third kappa shape index (κ3) is 1.80. The van der Waals surface area contributed by atoms with Crippen LogP contribution in [0.1, 0.15) is 5.69 Å². The summed E-state index contributed by atoms with van der Waals surface area (Å²) in [4.78, 5) is 33.0. The Morgan fingerprint density at radius 3 is 2.70 bits per heavy atom. The molecule has 0 aliphatic rings. The minimum Gasteiger partial charge on any atom is -0.328 e. The second-order valence-corrected chi connectivity index (χ2v) is 5.76. The minimum absolute atomic E-state index is 0.325. The van der Waals surface area contributed by atoms with Crippen molar-refractivity contribution in [1.29, 1.82) is 0 Å². The van der Waals surface area contributed by atoms with E-state index in [0.717, 1.165) is 10.3 Å². The molecule has 0 bridgehead atoms. The Labute approximate surface area is 134 Å². The smallest absolute Gasteiger partial charge is 0.328 e. The number of benzene rings is 1. The van der Waals surface area contributed by atoms with Crippen LogP contribution in [0.5, 0.6) is 0 Å². The van der Waals surface area contributed by atoms with Crippen molar-refractivity contribution in [3.05, 3.63) is 62.0 Å². The maximum Gasteiger partial charge on any atom is 0.337 e. The molecule has 7 nitrogen and oxygen atoms in total. The SMILES string of the molecule is Cc1cn2c(nc3c2c(=O)n(-c2ccccc2Cl)c(=O)n3C)[nH]1. The van der Waals surface area contributed by atoms with E-state index in [-0.39, 0.29) is 0 Å². The summed E-state index contributed by atoms with van der Waals surface area (Å²) in [6, 6.07) is 6.74. The number of rotatable bonds is 1. The average molecular weight is 330 g/mol. The molecule has 0 radical (unpaired) electrons. The number of aromatic amines is 1. The molecule has 0 spiro atoms. The molecule has 8 heteroatoms. The molecular weight excluding hydrogens is 318 g/mol. The molecule has 0 fully saturated rings. The van der Waals surface area contributed by atoms with Crippen LogP contribution in [0.25, 0.3) is 22.6 Å². The van der Waals surface area contributed by atoms with Crippen LogP contribution in [0.3, 0.4) is 0 Å². The quantitative estimate of drug-likeness (QED) is 0.576. The maximum atomic E-state index is 13.0. The van der Waals surface area contributed by atoms with Gasteiger partial charge in [0.25, 0.3) is 5.56 Å². The van der Waals surface area contributed by atoms with Gasteiger partial charge >= 0.3 is 5.69 Å². The summed E-state index contributed by atoms with van der Waals surface area (Å²) in [5, 5.41) is 0.331. The Kier molecular flexibility index (Phi) is 2.76. The molecule has 23 heavy (non-hydrogen) atoms. The lowest BCUT2D eigenvalue weighted by molar-refractivity contribution is 0.766. The molecule has 0 saturated heterocycles. The van der Waals surface area contributed by atoms with Crippen LogP contribution in [0, 0.1) is 6.92 Å². The summed E-state index contributed by atoms with van der Waals surface area (Å²) in [6.45, 7) is 1.87. The molecule has 4 rings (SSSR count). The van der Waals surface area contributed by atoms with Gasteiger partial charge in [0, 0.05) is 18.9 Å². The van der Waals surface area contributed by atoms with Gasteiger partial charge in [0.05, 0.1) is 10.7 Å². The van der Waals surface area contributed by atoms with E-state index in [1.54, 1.807) is 41.9 Å². The molecule has 3 aromatic heterocycles. The second kappa shape index (κ2) is 4.60. The number of hydrogen-bond acceptors (Lipinski definition) is 3. The Balaban J connectivity index is 2.26. The Morgan fingerprint density at radius 2 is 1.96 bits per heavy atom. The third-order valence-electron chi connectivity index (χ3n) is 3.82. The Bertz CT molecular complexity index is 1190. The highest BCUT2D eigenvalue weighted by atomic mass is 35.5. The average Bonchev–Trinajstić information content (AvgIpc) is 3.03. The summed E-state index contributed by atoms with van der Waals surface area (Å²) in [6.07, 6.45) is 1.77. The molecule has 1 aromatic carbocycles. The summed E-state index contributed by atoms with van der Waals surface area (Å²) < 4.78 is 4.07. The highest BCUT2D eigenvalue weighted by Crippen LogP contribution is 2.18. The predicted octanol–water partition coefficient (Wildman–Crippen LogP) is 1.63. The van der Waals surface area contributed by atoms with E-state index in [1.165, 1.54) is 4.57 Å². The summed E-state index contributed by atoms with van der Waals surface area (Å²) in [5.41, 5.74) is 0.924. The molecule has 3 heterocycles. The van der Waals surface area contributed by atoms with E-state index in [1.807, 2.05) is 6.92 Å².